The topological polar surface area (TPSA) is 79.0 Å². The molecule has 7 nitrogen and oxygen atoms in total. The van der Waals surface area contributed by atoms with E-state index < -0.39 is 0 Å². The second-order valence-electron chi connectivity index (χ2n) is 7.99. The molecule has 0 bridgehead atoms. The summed E-state index contributed by atoms with van der Waals surface area (Å²) in [5.74, 6) is 0.0809. The number of hydrogen-bond donors (Lipinski definition) is 1. The van der Waals surface area contributed by atoms with Crippen molar-refractivity contribution in [1.29, 1.82) is 0 Å². The fourth-order valence-electron chi connectivity index (χ4n) is 3.26. The summed E-state index contributed by atoms with van der Waals surface area (Å²) < 4.78 is 4.99. The second kappa shape index (κ2) is 9.68. The molecule has 0 saturated carbocycles. The Balaban J connectivity index is 2.13. The molecule has 1 aliphatic rings. The molecule has 0 fully saturated rings. The van der Waals surface area contributed by atoms with Crippen LogP contribution in [0.5, 0.6) is 0 Å². The summed E-state index contributed by atoms with van der Waals surface area (Å²) in [6, 6.07) is 4.67. The van der Waals surface area contributed by atoms with E-state index in [1.165, 1.54) is 4.90 Å². The zero-order chi connectivity index (χ0) is 20.8. The lowest BCUT2D eigenvalue weighted by Gasteiger charge is -2.26. The van der Waals surface area contributed by atoms with E-state index >= 15 is 0 Å². The molecule has 1 aromatic rings. The number of carbonyl (C=O) groups excluding carboxylic acids is 3. The standard InChI is InChI=1S/C21H31N3O4/c1-14(2)12-23(13-15(3)4)21(27)22-16-7-8-17-18(11-16)20(26)24(19(17)25)9-6-10-28-5/h7-8,11,14-15H,6,9-10,12-13H2,1-5H3,(H,22,27). The smallest absolute Gasteiger partial charge is 0.321 e. The van der Waals surface area contributed by atoms with Gasteiger partial charge in [-0.2, -0.15) is 0 Å². The molecule has 0 aliphatic carbocycles. The van der Waals surface area contributed by atoms with Crippen LogP contribution in [-0.4, -0.2) is 61.0 Å². The average Bonchev–Trinajstić information content (AvgIpc) is 2.85. The van der Waals surface area contributed by atoms with Gasteiger partial charge in [-0.05, 0) is 36.5 Å². The Hall–Kier alpha value is -2.41. The van der Waals surface area contributed by atoms with Gasteiger partial charge in [-0.15, -0.1) is 0 Å². The van der Waals surface area contributed by atoms with Crippen molar-refractivity contribution < 1.29 is 19.1 Å². The van der Waals surface area contributed by atoms with Crippen molar-refractivity contribution in [1.82, 2.24) is 9.80 Å². The first-order valence-corrected chi connectivity index (χ1v) is 9.79. The van der Waals surface area contributed by atoms with Gasteiger partial charge in [0.05, 0.1) is 11.1 Å². The number of rotatable bonds is 9. The first-order chi connectivity index (χ1) is 13.2. The predicted molar refractivity (Wildman–Crippen MR) is 109 cm³/mol. The molecule has 0 atom stereocenters. The van der Waals surface area contributed by atoms with Crippen LogP contribution in [0.1, 0.15) is 54.8 Å². The van der Waals surface area contributed by atoms with Gasteiger partial charge >= 0.3 is 6.03 Å². The van der Waals surface area contributed by atoms with Gasteiger partial charge < -0.3 is 15.0 Å². The van der Waals surface area contributed by atoms with Gasteiger partial charge in [0.15, 0.2) is 0 Å². The van der Waals surface area contributed by atoms with Crippen LogP contribution in [0.15, 0.2) is 18.2 Å². The van der Waals surface area contributed by atoms with Crippen molar-refractivity contribution in [2.24, 2.45) is 11.8 Å². The lowest BCUT2D eigenvalue weighted by atomic mass is 10.1. The summed E-state index contributed by atoms with van der Waals surface area (Å²) in [7, 11) is 1.58. The molecule has 0 saturated heterocycles. The summed E-state index contributed by atoms with van der Waals surface area (Å²) in [5.41, 5.74) is 1.22. The first kappa shape index (κ1) is 21.9. The Morgan fingerprint density at radius 1 is 1.07 bits per heavy atom. The quantitative estimate of drug-likeness (QED) is 0.518. The summed E-state index contributed by atoms with van der Waals surface area (Å²) in [6.07, 6.45) is 0.588. The minimum absolute atomic E-state index is 0.198. The molecule has 4 amide bonds. The molecule has 1 heterocycles. The number of carbonyl (C=O) groups is 3. The SMILES string of the molecule is COCCCN1C(=O)c2ccc(NC(=O)N(CC(C)C)CC(C)C)cc2C1=O. The highest BCUT2D eigenvalue weighted by Crippen LogP contribution is 2.26. The number of methoxy groups -OCH3 is 1. The third-order valence-electron chi connectivity index (χ3n) is 4.41. The molecule has 28 heavy (non-hydrogen) atoms. The number of urea groups is 1. The van der Waals surface area contributed by atoms with Crippen LogP contribution in [0.2, 0.25) is 0 Å². The highest BCUT2D eigenvalue weighted by molar-refractivity contribution is 6.21. The van der Waals surface area contributed by atoms with Gasteiger partial charge in [-0.1, -0.05) is 27.7 Å². The number of hydrogen-bond acceptors (Lipinski definition) is 4. The van der Waals surface area contributed by atoms with E-state index in [9.17, 15) is 14.4 Å². The van der Waals surface area contributed by atoms with Crippen molar-refractivity contribution in [3.63, 3.8) is 0 Å². The van der Waals surface area contributed by atoms with Crippen LogP contribution < -0.4 is 5.32 Å². The molecular formula is C21H31N3O4. The first-order valence-electron chi connectivity index (χ1n) is 9.79. The minimum Gasteiger partial charge on any atom is -0.385 e. The number of anilines is 1. The Morgan fingerprint density at radius 2 is 1.68 bits per heavy atom. The van der Waals surface area contributed by atoms with Crippen LogP contribution in [0.3, 0.4) is 0 Å². The third kappa shape index (κ3) is 5.32. The van der Waals surface area contributed by atoms with Gasteiger partial charge in [0.2, 0.25) is 0 Å². The van der Waals surface area contributed by atoms with Crippen LogP contribution in [-0.2, 0) is 4.74 Å². The van der Waals surface area contributed by atoms with E-state index in [4.69, 9.17) is 4.74 Å². The number of benzene rings is 1. The number of nitrogens with zero attached hydrogens (tertiary/aromatic N) is 2. The van der Waals surface area contributed by atoms with Crippen LogP contribution in [0, 0.1) is 11.8 Å². The summed E-state index contributed by atoms with van der Waals surface area (Å²) in [6.45, 7) is 10.4. The van der Waals surface area contributed by atoms with Crippen LogP contribution >= 0.6 is 0 Å². The zero-order valence-electron chi connectivity index (χ0n) is 17.4. The van der Waals surface area contributed by atoms with Gasteiger partial charge in [0.1, 0.15) is 0 Å². The average molecular weight is 389 g/mol. The molecule has 1 aliphatic heterocycles. The Bertz CT molecular complexity index is 720. The van der Waals surface area contributed by atoms with E-state index in [2.05, 4.69) is 33.0 Å². The third-order valence-corrected chi connectivity index (χ3v) is 4.41. The van der Waals surface area contributed by atoms with E-state index in [0.29, 0.717) is 61.3 Å². The monoisotopic (exact) mass is 389 g/mol. The fourth-order valence-corrected chi connectivity index (χ4v) is 3.26. The van der Waals surface area contributed by atoms with Gasteiger partial charge in [0, 0.05) is 39.0 Å². The van der Waals surface area contributed by atoms with E-state index in [1.807, 2.05) is 0 Å². The Kier molecular flexibility index (Phi) is 7.57. The molecule has 0 radical (unpaired) electrons. The summed E-state index contributed by atoms with van der Waals surface area (Å²) >= 11 is 0. The van der Waals surface area contributed by atoms with E-state index in [-0.39, 0.29) is 17.8 Å². The second-order valence-corrected chi connectivity index (χ2v) is 7.99. The Labute approximate surface area is 167 Å². The van der Waals surface area contributed by atoms with Crippen LogP contribution in [0.25, 0.3) is 0 Å². The van der Waals surface area contributed by atoms with Gasteiger partial charge in [0.25, 0.3) is 11.8 Å². The van der Waals surface area contributed by atoms with Crippen molar-refractivity contribution >= 4 is 23.5 Å². The van der Waals surface area contributed by atoms with Gasteiger partial charge in [-0.25, -0.2) is 4.79 Å². The molecule has 7 heteroatoms. The molecule has 2 rings (SSSR count). The highest BCUT2D eigenvalue weighted by Gasteiger charge is 2.35. The number of imide groups is 1. The van der Waals surface area contributed by atoms with Crippen molar-refractivity contribution in [3.8, 4) is 0 Å². The number of amides is 4. The molecular weight excluding hydrogens is 358 g/mol. The fraction of sp³-hybridized carbons (Fsp3) is 0.571. The number of fused-ring (bicyclic) bond motifs is 1. The van der Waals surface area contributed by atoms with Crippen molar-refractivity contribution in [2.45, 2.75) is 34.1 Å². The van der Waals surface area contributed by atoms with E-state index in [1.54, 1.807) is 30.2 Å². The van der Waals surface area contributed by atoms with Gasteiger partial charge in [-0.3, -0.25) is 14.5 Å². The maximum absolute atomic E-state index is 12.7. The lowest BCUT2D eigenvalue weighted by Crippen LogP contribution is -2.39. The molecule has 0 spiro atoms. The maximum atomic E-state index is 12.7. The maximum Gasteiger partial charge on any atom is 0.321 e. The molecule has 154 valence electrons. The molecule has 1 N–H and O–H groups in total. The number of nitrogens with one attached hydrogen (secondary N) is 1. The molecule has 0 aromatic heterocycles. The Morgan fingerprint density at radius 3 is 2.25 bits per heavy atom. The minimum atomic E-state index is -0.326. The summed E-state index contributed by atoms with van der Waals surface area (Å²) in [4.78, 5) is 40.8. The van der Waals surface area contributed by atoms with Crippen molar-refractivity contribution in [3.05, 3.63) is 29.3 Å². The van der Waals surface area contributed by atoms with Crippen LogP contribution in [0.4, 0.5) is 10.5 Å². The normalized spacial score (nSPS) is 13.5. The molecule has 1 aromatic carbocycles. The zero-order valence-corrected chi connectivity index (χ0v) is 17.4. The largest absolute Gasteiger partial charge is 0.385 e. The highest BCUT2D eigenvalue weighted by atomic mass is 16.5. The molecule has 0 unspecified atom stereocenters. The lowest BCUT2D eigenvalue weighted by molar-refractivity contribution is 0.0638. The van der Waals surface area contributed by atoms with Crippen molar-refractivity contribution in [2.75, 3.05) is 38.7 Å². The predicted octanol–water partition coefficient (Wildman–Crippen LogP) is 3.47. The van der Waals surface area contributed by atoms with E-state index in [0.717, 1.165) is 0 Å². The number of ether oxygens (including phenoxy) is 1. The summed E-state index contributed by atoms with van der Waals surface area (Å²) in [5, 5.41) is 2.87.